The number of hydrogen-bond donors (Lipinski definition) is 5. The van der Waals surface area contributed by atoms with Gasteiger partial charge in [0, 0.05) is 29.7 Å². The third kappa shape index (κ3) is 2.32. The lowest BCUT2D eigenvalue weighted by Gasteiger charge is -2.55. The Balaban J connectivity index is 1.57. The molecule has 5 bridgehead atoms. The fraction of sp³-hybridized carbons (Fsp3) is 0.583. The lowest BCUT2D eigenvalue weighted by molar-refractivity contribution is -0.387. The molecule has 7 rings (SSSR count). The lowest BCUT2D eigenvalue weighted by atomic mass is 9.75. The van der Waals surface area contributed by atoms with E-state index in [1.165, 1.54) is 19.1 Å². The number of benzene rings is 1. The number of ether oxygens (including phenoxy) is 5. The number of fused-ring (bicyclic) bond motifs is 1. The van der Waals surface area contributed by atoms with Crippen LogP contribution in [0.5, 0.6) is 0 Å². The van der Waals surface area contributed by atoms with Gasteiger partial charge in [0.05, 0.1) is 6.10 Å². The van der Waals surface area contributed by atoms with Crippen LogP contribution >= 0.6 is 11.6 Å². The minimum Gasteiger partial charge on any atom is -0.476 e. The second kappa shape index (κ2) is 6.89. The standard InChI is InChI=1S/C24H23ClO12/c1-7-15(29)21-18(33-2)19(31)34-6-11(26)8-3-9-14(10(25)4-8)16(30)23-13(28)5-12(27)22(9,23)37-24(32,17(7)35-23)20(21)36-21/h3-4,11-13,16,18,20,26-28,30,32H,5-6H2,1-2H3/t11-,12+,13+,16+,18-,20+,21-,22-,23-,24+/m0/s1. The van der Waals surface area contributed by atoms with Gasteiger partial charge >= 0.3 is 5.97 Å². The van der Waals surface area contributed by atoms with Crippen molar-refractivity contribution in [3.05, 3.63) is 45.2 Å². The van der Waals surface area contributed by atoms with Crippen LogP contribution in [-0.2, 0) is 38.9 Å². The second-order valence-electron chi connectivity index (χ2n) is 10.4. The minimum atomic E-state index is -2.56. The zero-order valence-electron chi connectivity index (χ0n) is 19.5. The number of methoxy groups -OCH3 is 1. The summed E-state index contributed by atoms with van der Waals surface area (Å²) in [7, 11) is 1.15. The van der Waals surface area contributed by atoms with Gasteiger partial charge in [-0.15, -0.1) is 0 Å². The van der Waals surface area contributed by atoms with Crippen molar-refractivity contribution in [1.82, 2.24) is 0 Å². The Morgan fingerprint density at radius 1 is 1.14 bits per heavy atom. The number of cyclic esters (lactones) is 1. The van der Waals surface area contributed by atoms with Crippen LogP contribution in [0.25, 0.3) is 0 Å². The van der Waals surface area contributed by atoms with E-state index in [4.69, 9.17) is 35.3 Å². The van der Waals surface area contributed by atoms with E-state index in [0.717, 1.165) is 7.11 Å². The van der Waals surface area contributed by atoms with Crippen LogP contribution in [0.15, 0.2) is 23.5 Å². The summed E-state index contributed by atoms with van der Waals surface area (Å²) in [5.74, 6) is -4.78. The molecule has 0 radical (unpaired) electrons. The number of epoxide rings is 1. The van der Waals surface area contributed by atoms with Gasteiger partial charge in [0.15, 0.2) is 40.6 Å². The van der Waals surface area contributed by atoms with Crippen molar-refractivity contribution in [3.63, 3.8) is 0 Å². The number of rotatable bonds is 1. The summed E-state index contributed by atoms with van der Waals surface area (Å²) in [6.07, 6.45) is -9.68. The lowest BCUT2D eigenvalue weighted by Crippen LogP contribution is -2.70. The number of carbonyl (C=O) groups excluding carboxylic acids is 2. The summed E-state index contributed by atoms with van der Waals surface area (Å²) in [6, 6.07) is 2.74. The molecule has 1 aromatic rings. The Bertz CT molecular complexity index is 1330. The van der Waals surface area contributed by atoms with E-state index in [2.05, 4.69) is 0 Å². The molecule has 2 saturated heterocycles. The fourth-order valence-electron chi connectivity index (χ4n) is 7.12. The van der Waals surface area contributed by atoms with Gasteiger partial charge in [-0.2, -0.15) is 0 Å². The Morgan fingerprint density at radius 2 is 1.86 bits per heavy atom. The van der Waals surface area contributed by atoms with Crippen molar-refractivity contribution in [1.29, 1.82) is 0 Å². The van der Waals surface area contributed by atoms with Gasteiger partial charge in [-0.3, -0.25) is 4.79 Å². The molecule has 0 unspecified atom stereocenters. The maximum absolute atomic E-state index is 13.6. The molecule has 13 heteroatoms. The molecule has 198 valence electrons. The van der Waals surface area contributed by atoms with Crippen molar-refractivity contribution in [2.45, 2.75) is 72.6 Å². The molecule has 3 aliphatic heterocycles. The summed E-state index contributed by atoms with van der Waals surface area (Å²) < 4.78 is 28.8. The number of carbonyl (C=O) groups is 2. The Labute approximate surface area is 213 Å². The number of aliphatic hydroxyl groups excluding tert-OH is 4. The molecule has 0 amide bonds. The summed E-state index contributed by atoms with van der Waals surface area (Å²) >= 11 is 6.54. The van der Waals surface area contributed by atoms with Gasteiger partial charge < -0.3 is 49.2 Å². The van der Waals surface area contributed by atoms with Crippen LogP contribution in [0, 0.1) is 0 Å². The number of ketones is 1. The van der Waals surface area contributed by atoms with Gasteiger partial charge in [0.25, 0.3) is 5.79 Å². The quantitative estimate of drug-likeness (QED) is 0.212. The van der Waals surface area contributed by atoms with Crippen molar-refractivity contribution in [3.8, 4) is 0 Å². The van der Waals surface area contributed by atoms with Gasteiger partial charge in [-0.05, 0) is 30.2 Å². The van der Waals surface area contributed by atoms with Crippen LogP contribution in [0.1, 0.15) is 42.2 Å². The normalized spacial score (nSPS) is 49.1. The predicted molar refractivity (Wildman–Crippen MR) is 117 cm³/mol. The predicted octanol–water partition coefficient (Wildman–Crippen LogP) is -1.22. The zero-order valence-corrected chi connectivity index (χ0v) is 20.3. The van der Waals surface area contributed by atoms with Gasteiger partial charge in [0.2, 0.25) is 0 Å². The van der Waals surface area contributed by atoms with Crippen molar-refractivity contribution < 1.29 is 58.8 Å². The average Bonchev–Trinajstić information content (AvgIpc) is 3.52. The second-order valence-corrected chi connectivity index (χ2v) is 10.8. The number of esters is 1. The Morgan fingerprint density at radius 3 is 2.57 bits per heavy atom. The molecule has 6 aliphatic rings. The fourth-order valence-corrected chi connectivity index (χ4v) is 7.45. The van der Waals surface area contributed by atoms with Gasteiger partial charge in [-0.1, -0.05) is 11.6 Å². The van der Waals surface area contributed by atoms with Crippen LogP contribution in [0.2, 0.25) is 5.02 Å². The molecule has 3 fully saturated rings. The van der Waals surface area contributed by atoms with Gasteiger partial charge in [0.1, 0.15) is 24.9 Å². The molecular weight excluding hydrogens is 516 g/mol. The van der Waals surface area contributed by atoms with Crippen molar-refractivity contribution in [2.75, 3.05) is 13.7 Å². The highest BCUT2D eigenvalue weighted by Crippen LogP contribution is 2.71. The number of Topliss-reactive ketones (excluding diaryl/α,β-unsaturated/α-hetero) is 1. The largest absolute Gasteiger partial charge is 0.476 e. The molecular formula is C24H23ClO12. The molecule has 12 nitrogen and oxygen atoms in total. The minimum absolute atomic E-state index is 0.0480. The maximum Gasteiger partial charge on any atom is 0.339 e. The molecule has 1 spiro atoms. The first-order valence-electron chi connectivity index (χ1n) is 11.7. The maximum atomic E-state index is 13.6. The number of aliphatic hydroxyl groups is 5. The van der Waals surface area contributed by atoms with E-state index in [0.29, 0.717) is 0 Å². The highest BCUT2D eigenvalue weighted by molar-refractivity contribution is 6.31. The summed E-state index contributed by atoms with van der Waals surface area (Å²) in [5, 5.41) is 57.0. The molecule has 1 saturated carbocycles. The third-order valence-electron chi connectivity index (χ3n) is 8.78. The summed E-state index contributed by atoms with van der Waals surface area (Å²) in [6.45, 7) is 0.753. The first-order valence-corrected chi connectivity index (χ1v) is 12.1. The molecule has 5 N–H and O–H groups in total. The average molecular weight is 539 g/mol. The monoisotopic (exact) mass is 538 g/mol. The van der Waals surface area contributed by atoms with E-state index < -0.39 is 83.3 Å². The molecule has 1 aromatic carbocycles. The highest BCUT2D eigenvalue weighted by Gasteiger charge is 2.88. The SMILES string of the molecule is CO[C@H]1C(=O)OC[C@H](O)c2cc(Cl)c3c(c2)[C@@]24O[C@]5(O)C(=C(C)C(=O)[C@]16O[C@H]65)O[C@@]2([C@H](O)C[C@H]4O)[C@@H]3O. The molecule has 3 heterocycles. The van der Waals surface area contributed by atoms with E-state index in [1.807, 2.05) is 0 Å². The summed E-state index contributed by atoms with van der Waals surface area (Å²) in [5.41, 5.74) is -6.23. The van der Waals surface area contributed by atoms with Crippen LogP contribution in [-0.4, -0.2) is 92.4 Å². The van der Waals surface area contributed by atoms with E-state index >= 15 is 0 Å². The zero-order chi connectivity index (χ0) is 26.4. The Hall–Kier alpha value is -2.13. The molecule has 3 aliphatic carbocycles. The smallest absolute Gasteiger partial charge is 0.339 e. The number of halogens is 1. The topological polar surface area (TPSA) is 185 Å². The van der Waals surface area contributed by atoms with Gasteiger partial charge in [-0.25, -0.2) is 4.79 Å². The highest BCUT2D eigenvalue weighted by atomic mass is 35.5. The first-order chi connectivity index (χ1) is 17.4. The van der Waals surface area contributed by atoms with E-state index in [-0.39, 0.29) is 33.7 Å². The molecule has 37 heavy (non-hydrogen) atoms. The molecule has 10 atom stereocenters. The van der Waals surface area contributed by atoms with Crippen LogP contribution in [0.4, 0.5) is 0 Å². The van der Waals surface area contributed by atoms with Crippen LogP contribution in [0.3, 0.4) is 0 Å². The third-order valence-corrected chi connectivity index (χ3v) is 9.09. The van der Waals surface area contributed by atoms with E-state index in [1.54, 1.807) is 0 Å². The van der Waals surface area contributed by atoms with Crippen molar-refractivity contribution in [2.24, 2.45) is 0 Å². The number of hydrogen-bond acceptors (Lipinski definition) is 12. The van der Waals surface area contributed by atoms with E-state index in [9.17, 15) is 35.1 Å². The van der Waals surface area contributed by atoms with Crippen molar-refractivity contribution >= 4 is 23.4 Å². The Kier molecular flexibility index (Phi) is 4.46. The summed E-state index contributed by atoms with van der Waals surface area (Å²) in [4.78, 5) is 26.6. The molecule has 0 aromatic heterocycles. The van der Waals surface area contributed by atoms with Crippen LogP contribution < -0.4 is 0 Å². The first kappa shape index (κ1) is 23.9.